The first kappa shape index (κ1) is 12.1. The van der Waals surface area contributed by atoms with Crippen LogP contribution < -0.4 is 15.8 Å². The van der Waals surface area contributed by atoms with Crippen molar-refractivity contribution >= 4 is 11.4 Å². The molecule has 0 saturated heterocycles. The van der Waals surface area contributed by atoms with Gasteiger partial charge >= 0.3 is 0 Å². The zero-order valence-electron chi connectivity index (χ0n) is 10.5. The van der Waals surface area contributed by atoms with Crippen LogP contribution in [0.1, 0.15) is 39.0 Å². The molecule has 0 atom stereocenters. The number of nitrogens with two attached hydrogens (primary N) is 1. The van der Waals surface area contributed by atoms with Crippen molar-refractivity contribution < 1.29 is 4.74 Å². The highest BCUT2D eigenvalue weighted by Gasteiger charge is 2.14. The van der Waals surface area contributed by atoms with Crippen LogP contribution in [0.15, 0.2) is 18.2 Å². The van der Waals surface area contributed by atoms with E-state index in [2.05, 4.69) is 12.2 Å². The highest BCUT2D eigenvalue weighted by Crippen LogP contribution is 2.28. The molecule has 1 aromatic rings. The van der Waals surface area contributed by atoms with E-state index in [9.17, 15) is 0 Å². The van der Waals surface area contributed by atoms with Gasteiger partial charge < -0.3 is 15.8 Å². The third kappa shape index (κ3) is 3.29. The van der Waals surface area contributed by atoms with Crippen LogP contribution in [0.4, 0.5) is 11.4 Å². The number of ether oxygens (including phenoxy) is 1. The van der Waals surface area contributed by atoms with Crippen LogP contribution in [0, 0.1) is 0 Å². The first-order valence-corrected chi connectivity index (χ1v) is 6.58. The fourth-order valence-electron chi connectivity index (χ4n) is 2.27. The van der Waals surface area contributed by atoms with Crippen LogP contribution >= 0.6 is 0 Å². The minimum atomic E-state index is 0.623. The van der Waals surface area contributed by atoms with E-state index in [1.54, 1.807) is 0 Å². The van der Waals surface area contributed by atoms with Crippen molar-refractivity contribution in [3.05, 3.63) is 18.2 Å². The standard InChI is InChI=1S/C14H22N2O/c1-2-9-17-14-10-12(7-8-13(14)15)16-11-5-3-4-6-11/h7-8,10-11,16H,2-6,9,15H2,1H3. The van der Waals surface area contributed by atoms with Gasteiger partial charge in [-0.2, -0.15) is 0 Å². The van der Waals surface area contributed by atoms with E-state index in [1.165, 1.54) is 25.7 Å². The van der Waals surface area contributed by atoms with Crippen molar-refractivity contribution in [2.24, 2.45) is 0 Å². The predicted molar refractivity (Wildman–Crippen MR) is 72.5 cm³/mol. The Morgan fingerprint density at radius 2 is 2.12 bits per heavy atom. The smallest absolute Gasteiger partial charge is 0.144 e. The van der Waals surface area contributed by atoms with Gasteiger partial charge in [0.05, 0.1) is 12.3 Å². The zero-order valence-corrected chi connectivity index (χ0v) is 10.5. The van der Waals surface area contributed by atoms with Gasteiger partial charge in [0.25, 0.3) is 0 Å². The quantitative estimate of drug-likeness (QED) is 0.767. The van der Waals surface area contributed by atoms with Gasteiger partial charge in [-0.25, -0.2) is 0 Å². The summed E-state index contributed by atoms with van der Waals surface area (Å²) in [5, 5.41) is 3.55. The van der Waals surface area contributed by atoms with Gasteiger partial charge in [0.1, 0.15) is 5.75 Å². The number of rotatable bonds is 5. The van der Waals surface area contributed by atoms with Crippen molar-refractivity contribution in [1.29, 1.82) is 0 Å². The summed E-state index contributed by atoms with van der Waals surface area (Å²) in [6.45, 7) is 2.81. The molecule has 1 aromatic carbocycles. The van der Waals surface area contributed by atoms with Gasteiger partial charge in [-0.1, -0.05) is 19.8 Å². The van der Waals surface area contributed by atoms with Crippen LogP contribution in [-0.2, 0) is 0 Å². The van der Waals surface area contributed by atoms with Crippen molar-refractivity contribution in [2.75, 3.05) is 17.7 Å². The fourth-order valence-corrected chi connectivity index (χ4v) is 2.27. The van der Waals surface area contributed by atoms with Gasteiger partial charge in [-0.3, -0.25) is 0 Å². The fraction of sp³-hybridized carbons (Fsp3) is 0.571. The maximum atomic E-state index is 5.89. The molecule has 2 rings (SSSR count). The molecule has 3 nitrogen and oxygen atoms in total. The molecule has 1 aliphatic rings. The second-order valence-electron chi connectivity index (χ2n) is 4.73. The molecule has 0 radical (unpaired) electrons. The van der Waals surface area contributed by atoms with E-state index in [-0.39, 0.29) is 0 Å². The summed E-state index contributed by atoms with van der Waals surface area (Å²) in [5.74, 6) is 0.801. The number of nitrogen functional groups attached to an aromatic ring is 1. The number of nitrogens with one attached hydrogen (secondary N) is 1. The largest absolute Gasteiger partial charge is 0.491 e. The Morgan fingerprint density at radius 1 is 1.35 bits per heavy atom. The average Bonchev–Trinajstić information content (AvgIpc) is 2.82. The minimum Gasteiger partial charge on any atom is -0.491 e. The van der Waals surface area contributed by atoms with Gasteiger partial charge in [0.2, 0.25) is 0 Å². The molecule has 1 aliphatic carbocycles. The molecule has 1 saturated carbocycles. The molecule has 0 aromatic heterocycles. The molecule has 3 N–H and O–H groups in total. The molecule has 0 spiro atoms. The SMILES string of the molecule is CCCOc1cc(NC2CCCC2)ccc1N. The molecule has 0 heterocycles. The van der Waals surface area contributed by atoms with Crippen LogP contribution in [0.25, 0.3) is 0 Å². The van der Waals surface area contributed by atoms with Gasteiger partial charge in [-0.05, 0) is 31.4 Å². The number of hydrogen-bond donors (Lipinski definition) is 2. The van der Waals surface area contributed by atoms with E-state index >= 15 is 0 Å². The first-order chi connectivity index (χ1) is 8.29. The monoisotopic (exact) mass is 234 g/mol. The third-order valence-corrected chi connectivity index (χ3v) is 3.20. The van der Waals surface area contributed by atoms with Gasteiger partial charge in [0.15, 0.2) is 0 Å². The summed E-state index contributed by atoms with van der Waals surface area (Å²) in [7, 11) is 0. The first-order valence-electron chi connectivity index (χ1n) is 6.58. The minimum absolute atomic E-state index is 0.623. The Kier molecular flexibility index (Phi) is 4.13. The molecular weight excluding hydrogens is 212 g/mol. The average molecular weight is 234 g/mol. The lowest BCUT2D eigenvalue weighted by Gasteiger charge is -2.15. The van der Waals surface area contributed by atoms with Crippen molar-refractivity contribution in [1.82, 2.24) is 0 Å². The number of hydrogen-bond acceptors (Lipinski definition) is 3. The van der Waals surface area contributed by atoms with E-state index in [0.717, 1.165) is 30.2 Å². The molecule has 0 amide bonds. The molecule has 0 unspecified atom stereocenters. The van der Waals surface area contributed by atoms with Crippen LogP contribution in [0.2, 0.25) is 0 Å². The van der Waals surface area contributed by atoms with Crippen molar-refractivity contribution in [2.45, 2.75) is 45.1 Å². The van der Waals surface area contributed by atoms with E-state index in [1.807, 2.05) is 18.2 Å². The number of anilines is 2. The van der Waals surface area contributed by atoms with Crippen LogP contribution in [0.5, 0.6) is 5.75 Å². The van der Waals surface area contributed by atoms with Crippen molar-refractivity contribution in [3.8, 4) is 5.75 Å². The molecule has 17 heavy (non-hydrogen) atoms. The summed E-state index contributed by atoms with van der Waals surface area (Å²) in [4.78, 5) is 0. The molecule has 0 bridgehead atoms. The Labute approximate surface area is 103 Å². The second kappa shape index (κ2) is 5.80. The normalized spacial score (nSPS) is 16.1. The lowest BCUT2D eigenvalue weighted by atomic mass is 10.2. The molecule has 1 fully saturated rings. The summed E-state index contributed by atoms with van der Waals surface area (Å²) in [6.07, 6.45) is 6.22. The topological polar surface area (TPSA) is 47.3 Å². The lowest BCUT2D eigenvalue weighted by molar-refractivity contribution is 0.319. The van der Waals surface area contributed by atoms with E-state index < -0.39 is 0 Å². The molecular formula is C14H22N2O. The Bertz CT molecular complexity index is 359. The van der Waals surface area contributed by atoms with E-state index in [0.29, 0.717) is 6.04 Å². The maximum absolute atomic E-state index is 5.89. The van der Waals surface area contributed by atoms with Crippen molar-refractivity contribution in [3.63, 3.8) is 0 Å². The van der Waals surface area contributed by atoms with Gasteiger partial charge in [0, 0.05) is 17.8 Å². The summed E-state index contributed by atoms with van der Waals surface area (Å²) in [6, 6.07) is 6.59. The summed E-state index contributed by atoms with van der Waals surface area (Å²) >= 11 is 0. The molecule has 3 heteroatoms. The van der Waals surface area contributed by atoms with Crippen LogP contribution in [0.3, 0.4) is 0 Å². The predicted octanol–water partition coefficient (Wildman–Crippen LogP) is 3.41. The van der Waals surface area contributed by atoms with Crippen LogP contribution in [-0.4, -0.2) is 12.6 Å². The Morgan fingerprint density at radius 3 is 2.82 bits per heavy atom. The lowest BCUT2D eigenvalue weighted by Crippen LogP contribution is -2.14. The summed E-state index contributed by atoms with van der Waals surface area (Å²) < 4.78 is 5.63. The van der Waals surface area contributed by atoms with E-state index in [4.69, 9.17) is 10.5 Å². The maximum Gasteiger partial charge on any atom is 0.144 e. The second-order valence-corrected chi connectivity index (χ2v) is 4.73. The summed E-state index contributed by atoms with van der Waals surface area (Å²) in [5.41, 5.74) is 7.73. The molecule has 94 valence electrons. The Balaban J connectivity index is 2.01. The Hall–Kier alpha value is -1.38. The number of benzene rings is 1. The molecule has 0 aliphatic heterocycles. The zero-order chi connectivity index (χ0) is 12.1. The highest BCUT2D eigenvalue weighted by atomic mass is 16.5. The van der Waals surface area contributed by atoms with Gasteiger partial charge in [-0.15, -0.1) is 0 Å². The highest BCUT2D eigenvalue weighted by molar-refractivity contribution is 5.61. The third-order valence-electron chi connectivity index (χ3n) is 3.20.